The summed E-state index contributed by atoms with van der Waals surface area (Å²) in [5.41, 5.74) is 1.82. The van der Waals surface area contributed by atoms with Gasteiger partial charge in [-0.3, -0.25) is 4.40 Å². The number of thiazole rings is 1. The normalized spacial score (nSPS) is 11.3. The number of methoxy groups -OCH3 is 1. The van der Waals surface area contributed by atoms with E-state index in [0.29, 0.717) is 0 Å². The van der Waals surface area contributed by atoms with E-state index in [2.05, 4.69) is 9.72 Å². The quantitative estimate of drug-likeness (QED) is 0.575. The lowest BCUT2D eigenvalue weighted by molar-refractivity contribution is -0.134. The summed E-state index contributed by atoms with van der Waals surface area (Å²) in [5.74, 6) is -0.362. The Bertz CT molecular complexity index is 524. The van der Waals surface area contributed by atoms with Gasteiger partial charge in [-0.05, 0) is 13.0 Å². The standard InChI is InChI=1S/C10H10N2O2S/c1-7-8(3-4-9(13)14-2)12-5-6-15-10(12)11-7/h3-6H,1-2H3/b4-3+. The molecule has 2 heterocycles. The molecular formula is C10H10N2O2S. The lowest BCUT2D eigenvalue weighted by atomic mass is 10.3. The maximum Gasteiger partial charge on any atom is 0.330 e. The molecule has 0 N–H and O–H groups in total. The molecule has 0 fully saturated rings. The number of hydrogen-bond acceptors (Lipinski definition) is 4. The molecule has 2 aromatic heterocycles. The topological polar surface area (TPSA) is 43.6 Å². The molecule has 0 unspecified atom stereocenters. The number of aromatic nitrogens is 2. The van der Waals surface area contributed by atoms with Crippen LogP contribution in [0.4, 0.5) is 0 Å². The largest absolute Gasteiger partial charge is 0.466 e. The van der Waals surface area contributed by atoms with E-state index in [1.54, 1.807) is 17.4 Å². The maximum absolute atomic E-state index is 11.0. The zero-order valence-electron chi connectivity index (χ0n) is 8.43. The highest BCUT2D eigenvalue weighted by Crippen LogP contribution is 2.17. The molecule has 0 spiro atoms. The van der Waals surface area contributed by atoms with Crippen LogP contribution in [0.5, 0.6) is 0 Å². The highest BCUT2D eigenvalue weighted by Gasteiger charge is 2.06. The number of carbonyl (C=O) groups is 1. The monoisotopic (exact) mass is 222 g/mol. The predicted octanol–water partition coefficient (Wildman–Crippen LogP) is 1.89. The van der Waals surface area contributed by atoms with E-state index in [4.69, 9.17) is 0 Å². The Morgan fingerprint density at radius 1 is 1.67 bits per heavy atom. The van der Waals surface area contributed by atoms with E-state index in [1.165, 1.54) is 13.2 Å². The average Bonchev–Trinajstić information content (AvgIpc) is 2.75. The van der Waals surface area contributed by atoms with Gasteiger partial charge in [0.15, 0.2) is 4.96 Å². The van der Waals surface area contributed by atoms with Gasteiger partial charge >= 0.3 is 5.97 Å². The van der Waals surface area contributed by atoms with Gasteiger partial charge < -0.3 is 4.74 Å². The highest BCUT2D eigenvalue weighted by atomic mass is 32.1. The van der Waals surface area contributed by atoms with Crippen molar-refractivity contribution in [3.8, 4) is 0 Å². The fourth-order valence-electron chi connectivity index (χ4n) is 1.33. The first-order valence-electron chi connectivity index (χ1n) is 4.40. The number of rotatable bonds is 2. The zero-order chi connectivity index (χ0) is 10.8. The van der Waals surface area contributed by atoms with Crippen molar-refractivity contribution in [3.63, 3.8) is 0 Å². The van der Waals surface area contributed by atoms with Gasteiger partial charge in [0.25, 0.3) is 0 Å². The Morgan fingerprint density at radius 2 is 2.47 bits per heavy atom. The van der Waals surface area contributed by atoms with Crippen LogP contribution in [0.2, 0.25) is 0 Å². The van der Waals surface area contributed by atoms with E-state index in [9.17, 15) is 4.79 Å². The summed E-state index contributed by atoms with van der Waals surface area (Å²) in [6.07, 6.45) is 5.04. The molecule has 0 saturated carbocycles. The number of carbonyl (C=O) groups excluding carboxylic acids is 1. The molecule has 0 saturated heterocycles. The minimum absolute atomic E-state index is 0.362. The summed E-state index contributed by atoms with van der Waals surface area (Å²) in [5, 5.41) is 1.96. The number of aryl methyl sites for hydroxylation is 1. The third-order valence-electron chi connectivity index (χ3n) is 2.06. The van der Waals surface area contributed by atoms with Crippen molar-refractivity contribution in [1.29, 1.82) is 0 Å². The number of fused-ring (bicyclic) bond motifs is 1. The van der Waals surface area contributed by atoms with E-state index < -0.39 is 0 Å². The minimum Gasteiger partial charge on any atom is -0.466 e. The Morgan fingerprint density at radius 3 is 3.20 bits per heavy atom. The van der Waals surface area contributed by atoms with Crippen LogP contribution in [-0.4, -0.2) is 22.5 Å². The third kappa shape index (κ3) is 1.78. The van der Waals surface area contributed by atoms with Crippen molar-refractivity contribution in [1.82, 2.24) is 9.38 Å². The molecule has 0 amide bonds. The van der Waals surface area contributed by atoms with Crippen LogP contribution in [-0.2, 0) is 9.53 Å². The first-order chi connectivity index (χ1) is 7.22. The van der Waals surface area contributed by atoms with Gasteiger partial charge in [-0.25, -0.2) is 9.78 Å². The molecule has 0 aliphatic heterocycles. The molecule has 0 aliphatic rings. The van der Waals surface area contributed by atoms with Gasteiger partial charge in [0.05, 0.1) is 18.5 Å². The molecular weight excluding hydrogens is 212 g/mol. The number of ether oxygens (including phenoxy) is 1. The second-order valence-electron chi connectivity index (χ2n) is 2.99. The fourth-order valence-corrected chi connectivity index (χ4v) is 2.09. The number of nitrogens with zero attached hydrogens (tertiary/aromatic N) is 2. The van der Waals surface area contributed by atoms with Crippen molar-refractivity contribution < 1.29 is 9.53 Å². The van der Waals surface area contributed by atoms with Gasteiger partial charge in [0, 0.05) is 17.7 Å². The molecule has 4 nitrogen and oxygen atoms in total. The summed E-state index contributed by atoms with van der Waals surface area (Å²) < 4.78 is 6.47. The van der Waals surface area contributed by atoms with E-state index in [-0.39, 0.29) is 5.97 Å². The van der Waals surface area contributed by atoms with Crippen molar-refractivity contribution in [2.24, 2.45) is 0 Å². The van der Waals surface area contributed by atoms with Crippen LogP contribution in [0.3, 0.4) is 0 Å². The first-order valence-corrected chi connectivity index (χ1v) is 5.28. The summed E-state index contributed by atoms with van der Waals surface area (Å²) in [4.78, 5) is 16.2. The van der Waals surface area contributed by atoms with Gasteiger partial charge in [-0.2, -0.15) is 0 Å². The summed E-state index contributed by atoms with van der Waals surface area (Å²) in [6.45, 7) is 1.91. The minimum atomic E-state index is -0.362. The molecule has 0 aromatic carbocycles. The number of hydrogen-bond donors (Lipinski definition) is 0. The second-order valence-corrected chi connectivity index (χ2v) is 3.87. The molecule has 2 aromatic rings. The molecule has 2 rings (SSSR count). The zero-order valence-corrected chi connectivity index (χ0v) is 9.25. The SMILES string of the molecule is COC(=O)/C=C/c1c(C)nc2sccn12. The van der Waals surface area contributed by atoms with Crippen molar-refractivity contribution >= 4 is 28.3 Å². The van der Waals surface area contributed by atoms with E-state index >= 15 is 0 Å². The molecule has 0 aliphatic carbocycles. The van der Waals surface area contributed by atoms with Crippen molar-refractivity contribution in [2.75, 3.05) is 7.11 Å². The van der Waals surface area contributed by atoms with E-state index in [0.717, 1.165) is 16.3 Å². The molecule has 78 valence electrons. The Balaban J connectivity index is 2.41. The first kappa shape index (κ1) is 9.92. The molecule has 0 radical (unpaired) electrons. The molecule has 15 heavy (non-hydrogen) atoms. The van der Waals surface area contributed by atoms with Crippen LogP contribution in [0.1, 0.15) is 11.4 Å². The molecule has 0 atom stereocenters. The average molecular weight is 222 g/mol. The van der Waals surface area contributed by atoms with Gasteiger partial charge in [-0.15, -0.1) is 11.3 Å². The predicted molar refractivity (Wildman–Crippen MR) is 58.9 cm³/mol. The van der Waals surface area contributed by atoms with Gasteiger partial charge in [0.1, 0.15) is 0 Å². The molecule has 0 bridgehead atoms. The van der Waals surface area contributed by atoms with Crippen LogP contribution in [0.15, 0.2) is 17.7 Å². The van der Waals surface area contributed by atoms with Gasteiger partial charge in [-0.1, -0.05) is 0 Å². The summed E-state index contributed by atoms with van der Waals surface area (Å²) in [6, 6.07) is 0. The van der Waals surface area contributed by atoms with Gasteiger partial charge in [0.2, 0.25) is 0 Å². The Labute approximate surface area is 90.8 Å². The Hall–Kier alpha value is -1.62. The Kier molecular flexibility index (Phi) is 2.55. The highest BCUT2D eigenvalue weighted by molar-refractivity contribution is 7.15. The van der Waals surface area contributed by atoms with Crippen LogP contribution in [0.25, 0.3) is 11.0 Å². The maximum atomic E-state index is 11.0. The third-order valence-corrected chi connectivity index (χ3v) is 2.82. The summed E-state index contributed by atoms with van der Waals surface area (Å²) in [7, 11) is 1.36. The van der Waals surface area contributed by atoms with Crippen molar-refractivity contribution in [2.45, 2.75) is 6.92 Å². The van der Waals surface area contributed by atoms with E-state index in [1.807, 2.05) is 22.9 Å². The summed E-state index contributed by atoms with van der Waals surface area (Å²) >= 11 is 1.56. The number of imidazole rings is 1. The smallest absolute Gasteiger partial charge is 0.330 e. The second kappa shape index (κ2) is 3.86. The lowest BCUT2D eigenvalue weighted by Gasteiger charge is -1.92. The fraction of sp³-hybridized carbons (Fsp3) is 0.200. The van der Waals surface area contributed by atoms with Crippen molar-refractivity contribution in [3.05, 3.63) is 29.0 Å². The van der Waals surface area contributed by atoms with Crippen LogP contribution in [0, 0.1) is 6.92 Å². The van der Waals surface area contributed by atoms with Crippen LogP contribution < -0.4 is 0 Å². The number of esters is 1. The molecule has 5 heteroatoms. The lowest BCUT2D eigenvalue weighted by Crippen LogP contribution is -1.94. The van der Waals surface area contributed by atoms with Crippen LogP contribution >= 0.6 is 11.3 Å².